The number of hydrogen-bond donors (Lipinski definition) is 2. The van der Waals surface area contributed by atoms with Crippen molar-refractivity contribution < 1.29 is 14.6 Å². The number of rotatable bonds is 2. The van der Waals surface area contributed by atoms with Crippen LogP contribution >= 0.6 is 15.9 Å². The highest BCUT2D eigenvalue weighted by molar-refractivity contribution is 9.09. The van der Waals surface area contributed by atoms with Crippen molar-refractivity contribution in [3.05, 3.63) is 11.3 Å². The first-order valence-corrected chi connectivity index (χ1v) is 9.31. The molecule has 1 heterocycles. The van der Waals surface area contributed by atoms with E-state index in [1.165, 1.54) is 6.42 Å². The van der Waals surface area contributed by atoms with Crippen LogP contribution in [0.1, 0.15) is 51.9 Å². The largest absolute Gasteiger partial charge is 0.509 e. The molecule has 2 aliphatic carbocycles. The first-order chi connectivity index (χ1) is 10.5. The van der Waals surface area contributed by atoms with Gasteiger partial charge in [0.2, 0.25) is 0 Å². The molecule has 0 aromatic rings. The summed E-state index contributed by atoms with van der Waals surface area (Å²) >= 11 is 3.74. The van der Waals surface area contributed by atoms with Crippen LogP contribution in [0.3, 0.4) is 0 Å². The quantitative estimate of drug-likeness (QED) is 0.730. The van der Waals surface area contributed by atoms with E-state index < -0.39 is 5.54 Å². The fourth-order valence-electron chi connectivity index (χ4n) is 4.38. The highest BCUT2D eigenvalue weighted by Crippen LogP contribution is 2.45. The molecule has 0 aromatic heterocycles. The molecule has 0 saturated heterocycles. The highest BCUT2D eigenvalue weighted by Gasteiger charge is 2.50. The van der Waals surface area contributed by atoms with Crippen molar-refractivity contribution in [3.63, 3.8) is 0 Å². The predicted octanol–water partition coefficient (Wildman–Crippen LogP) is 3.46. The number of aliphatic hydroxyl groups excluding tert-OH is 1. The zero-order valence-electron chi connectivity index (χ0n) is 13.4. The van der Waals surface area contributed by atoms with E-state index in [0.29, 0.717) is 17.3 Å². The second-order valence-electron chi connectivity index (χ2n) is 7.27. The van der Waals surface area contributed by atoms with Gasteiger partial charge in [0.05, 0.1) is 17.2 Å². The van der Waals surface area contributed by atoms with Gasteiger partial charge in [0, 0.05) is 17.9 Å². The number of methoxy groups -OCH3 is 1. The molecule has 2 N–H and O–H groups in total. The summed E-state index contributed by atoms with van der Waals surface area (Å²) < 4.78 is 5.41. The number of carbonyl (C=O) groups is 1. The number of ether oxygens (including phenoxy) is 1. The first-order valence-electron chi connectivity index (χ1n) is 8.40. The molecule has 5 heteroatoms. The van der Waals surface area contributed by atoms with Crippen LogP contribution < -0.4 is 5.32 Å². The maximum absolute atomic E-state index is 12.6. The third-order valence-corrected chi connectivity index (χ3v) is 6.92. The van der Waals surface area contributed by atoms with E-state index in [1.54, 1.807) is 7.11 Å². The number of alkyl halides is 1. The lowest BCUT2D eigenvalue weighted by atomic mass is 9.75. The van der Waals surface area contributed by atoms with Gasteiger partial charge in [-0.1, -0.05) is 22.9 Å². The van der Waals surface area contributed by atoms with E-state index in [0.717, 1.165) is 38.5 Å². The number of hydrogen-bond acceptors (Lipinski definition) is 3. The minimum absolute atomic E-state index is 0.0584. The normalized spacial score (nSPS) is 42.8. The summed E-state index contributed by atoms with van der Waals surface area (Å²) in [4.78, 5) is 12.9. The number of nitrogens with one attached hydrogen (secondary N) is 1. The number of amides is 1. The Morgan fingerprint density at radius 2 is 1.95 bits per heavy atom. The van der Waals surface area contributed by atoms with E-state index in [9.17, 15) is 9.90 Å². The van der Waals surface area contributed by atoms with Crippen molar-refractivity contribution >= 4 is 21.8 Å². The van der Waals surface area contributed by atoms with Crippen LogP contribution in [-0.2, 0) is 9.53 Å². The molecule has 1 spiro atoms. The number of carbonyl (C=O) groups excluding carboxylic acids is 1. The Labute approximate surface area is 140 Å². The molecular weight excluding hydrogens is 346 g/mol. The molecule has 3 rings (SSSR count). The van der Waals surface area contributed by atoms with Crippen molar-refractivity contribution in [1.29, 1.82) is 0 Å². The van der Waals surface area contributed by atoms with Gasteiger partial charge in [-0.2, -0.15) is 0 Å². The second kappa shape index (κ2) is 6.16. The Bertz CT molecular complexity index is 482. The molecule has 4 nitrogen and oxygen atoms in total. The van der Waals surface area contributed by atoms with Gasteiger partial charge < -0.3 is 15.2 Å². The van der Waals surface area contributed by atoms with E-state index in [1.807, 2.05) is 0 Å². The maximum Gasteiger partial charge on any atom is 0.251 e. The number of aliphatic hydroxyl groups is 1. The highest BCUT2D eigenvalue weighted by atomic mass is 79.9. The van der Waals surface area contributed by atoms with E-state index in [4.69, 9.17) is 4.74 Å². The zero-order valence-corrected chi connectivity index (χ0v) is 15.0. The fraction of sp³-hybridized carbons (Fsp3) is 0.824. The minimum Gasteiger partial charge on any atom is -0.509 e. The standard InChI is InChI=1S/C17H26BrNO3/c1-10-3-4-13(18)12(9-10)14-15(20)17(19-16(14)21)7-5-11(22-2)6-8-17/h10-13,20H,3-9H2,1-2H3,(H,19,21). The monoisotopic (exact) mass is 371 g/mol. The van der Waals surface area contributed by atoms with E-state index >= 15 is 0 Å². The average molecular weight is 372 g/mol. The Morgan fingerprint density at radius 1 is 1.27 bits per heavy atom. The van der Waals surface area contributed by atoms with Crippen LogP contribution in [0.2, 0.25) is 0 Å². The average Bonchev–Trinajstić information content (AvgIpc) is 2.74. The third-order valence-electron chi connectivity index (χ3n) is 5.82. The zero-order chi connectivity index (χ0) is 15.9. The van der Waals surface area contributed by atoms with Gasteiger partial charge in [-0.05, 0) is 50.9 Å². The molecular formula is C17H26BrNO3. The van der Waals surface area contributed by atoms with E-state index in [-0.39, 0.29) is 22.8 Å². The summed E-state index contributed by atoms with van der Waals surface area (Å²) in [6.45, 7) is 2.23. The van der Waals surface area contributed by atoms with Gasteiger partial charge in [0.1, 0.15) is 5.76 Å². The summed E-state index contributed by atoms with van der Waals surface area (Å²) in [5, 5.41) is 14.0. The summed E-state index contributed by atoms with van der Waals surface area (Å²) in [5.41, 5.74) is 0.110. The van der Waals surface area contributed by atoms with Crippen molar-refractivity contribution in [2.45, 2.75) is 68.3 Å². The van der Waals surface area contributed by atoms with Crippen LogP contribution in [-0.4, -0.2) is 34.6 Å². The van der Waals surface area contributed by atoms with Gasteiger partial charge in [0.25, 0.3) is 5.91 Å². The van der Waals surface area contributed by atoms with Crippen LogP contribution in [0.25, 0.3) is 0 Å². The Morgan fingerprint density at radius 3 is 2.59 bits per heavy atom. The second-order valence-corrected chi connectivity index (χ2v) is 8.45. The predicted molar refractivity (Wildman–Crippen MR) is 89.0 cm³/mol. The fourth-order valence-corrected chi connectivity index (χ4v) is 5.12. The molecule has 0 aromatic carbocycles. The summed E-state index contributed by atoms with van der Waals surface area (Å²) in [6, 6.07) is 0. The molecule has 2 saturated carbocycles. The molecule has 3 aliphatic rings. The van der Waals surface area contributed by atoms with E-state index in [2.05, 4.69) is 28.2 Å². The van der Waals surface area contributed by atoms with Crippen molar-refractivity contribution in [1.82, 2.24) is 5.32 Å². The minimum atomic E-state index is -0.533. The molecule has 3 unspecified atom stereocenters. The summed E-state index contributed by atoms with van der Waals surface area (Å²) in [7, 11) is 1.73. The smallest absolute Gasteiger partial charge is 0.251 e. The molecule has 2 fully saturated rings. The Kier molecular flexibility index (Phi) is 4.56. The SMILES string of the molecule is COC1CCC2(CC1)NC(=O)C(C1CC(C)CCC1Br)=C2O. The lowest BCUT2D eigenvalue weighted by Gasteiger charge is -2.37. The van der Waals surface area contributed by atoms with Gasteiger partial charge in [-0.25, -0.2) is 0 Å². The Hall–Kier alpha value is -0.550. The maximum atomic E-state index is 12.6. The summed E-state index contributed by atoms with van der Waals surface area (Å²) in [6.07, 6.45) is 6.76. The lowest BCUT2D eigenvalue weighted by molar-refractivity contribution is -0.118. The molecule has 1 amide bonds. The van der Waals surface area contributed by atoms with Crippen LogP contribution in [0, 0.1) is 11.8 Å². The summed E-state index contributed by atoms with van der Waals surface area (Å²) in [5.74, 6) is 0.989. The lowest BCUT2D eigenvalue weighted by Crippen LogP contribution is -2.48. The van der Waals surface area contributed by atoms with Crippen LogP contribution in [0.15, 0.2) is 11.3 Å². The third kappa shape index (κ3) is 2.71. The Balaban J connectivity index is 1.85. The molecule has 22 heavy (non-hydrogen) atoms. The van der Waals surface area contributed by atoms with Crippen molar-refractivity contribution in [3.8, 4) is 0 Å². The van der Waals surface area contributed by atoms with Gasteiger partial charge in [-0.3, -0.25) is 4.79 Å². The van der Waals surface area contributed by atoms with Gasteiger partial charge >= 0.3 is 0 Å². The molecule has 1 aliphatic heterocycles. The van der Waals surface area contributed by atoms with Gasteiger partial charge in [0.15, 0.2) is 0 Å². The van der Waals surface area contributed by atoms with Gasteiger partial charge in [-0.15, -0.1) is 0 Å². The first kappa shape index (κ1) is 16.3. The molecule has 0 bridgehead atoms. The van der Waals surface area contributed by atoms with Crippen molar-refractivity contribution in [2.24, 2.45) is 11.8 Å². The molecule has 0 radical (unpaired) electrons. The van der Waals surface area contributed by atoms with Crippen LogP contribution in [0.5, 0.6) is 0 Å². The topological polar surface area (TPSA) is 58.6 Å². The molecule has 124 valence electrons. The van der Waals surface area contributed by atoms with Crippen molar-refractivity contribution in [2.75, 3.05) is 7.11 Å². The molecule has 3 atom stereocenters. The van der Waals surface area contributed by atoms with Crippen LogP contribution in [0.4, 0.5) is 0 Å². The number of halogens is 1.